The highest BCUT2D eigenvalue weighted by Gasteiger charge is 2.95. The third-order valence-electron chi connectivity index (χ3n) is 16.7. The van der Waals surface area contributed by atoms with Gasteiger partial charge in [-0.3, -0.25) is 0 Å². The van der Waals surface area contributed by atoms with Crippen LogP contribution >= 0.6 is 0 Å². The van der Waals surface area contributed by atoms with Crippen molar-refractivity contribution in [3.63, 3.8) is 0 Å². The van der Waals surface area contributed by atoms with Crippen molar-refractivity contribution in [2.45, 2.75) is 178 Å². The van der Waals surface area contributed by atoms with Crippen LogP contribution in [0.4, 0.5) is 0 Å². The molecule has 6 aromatic rings. The zero-order valence-corrected chi connectivity index (χ0v) is 51.3. The van der Waals surface area contributed by atoms with E-state index in [0.717, 1.165) is 17.2 Å². The van der Waals surface area contributed by atoms with E-state index in [1.165, 1.54) is 16.7 Å². The minimum absolute atomic E-state index is 0.277. The summed E-state index contributed by atoms with van der Waals surface area (Å²) in [5.41, 5.74) is 13.6. The van der Waals surface area contributed by atoms with Crippen molar-refractivity contribution in [3.8, 4) is 17.2 Å². The average molecular weight is 1020 g/mol. The molecule has 72 heavy (non-hydrogen) atoms. The van der Waals surface area contributed by atoms with Gasteiger partial charge in [-0.25, -0.2) is 0 Å². The molecule has 1 fully saturated rings. The Kier molecular flexibility index (Phi) is 16.3. The van der Waals surface area contributed by atoms with Gasteiger partial charge in [0.25, 0.3) is 0 Å². The quantitative estimate of drug-likeness (QED) is 0.0803. The molecule has 7 rings (SSSR count). The molecule has 0 aromatic heterocycles. The number of ether oxygens (including phenoxy) is 3. The molecule has 6 aromatic carbocycles. The van der Waals surface area contributed by atoms with E-state index in [1.54, 1.807) is 64.5 Å². The van der Waals surface area contributed by atoms with E-state index in [1.807, 2.05) is 21.3 Å². The van der Waals surface area contributed by atoms with Crippen LogP contribution in [0.15, 0.2) is 109 Å². The van der Waals surface area contributed by atoms with E-state index < -0.39 is 21.3 Å². The molecule has 0 atom stereocenters. The average Bonchev–Trinajstić information content (AvgIpc) is 3.93. The molecule has 384 valence electrons. The lowest BCUT2D eigenvalue weighted by Crippen LogP contribution is -2.68. The van der Waals surface area contributed by atoms with E-state index >= 15 is 0 Å². The molecule has 0 N–H and O–H groups in total. The fraction of sp³-hybridized carbons (Fsp3) is 0.455. The molecule has 0 radical (unpaired) electrons. The third kappa shape index (κ3) is 8.71. The summed E-state index contributed by atoms with van der Waals surface area (Å²) < 4.78 is 18.5. The normalized spacial score (nSPS) is 19.1. The van der Waals surface area contributed by atoms with Gasteiger partial charge in [0.05, 0.1) is 21.3 Å². The molecular formula is C66H90O3Si3. The second-order valence-corrected chi connectivity index (χ2v) is 49.8. The van der Waals surface area contributed by atoms with Gasteiger partial charge in [-0.2, -0.15) is 0 Å². The van der Waals surface area contributed by atoms with Crippen molar-refractivity contribution >= 4 is 52.4 Å². The predicted octanol–water partition coefficient (Wildman–Crippen LogP) is 14.2. The molecule has 0 aliphatic carbocycles. The monoisotopic (exact) mass is 1010 g/mol. The Hall–Kier alpha value is -4.63. The second-order valence-electron chi connectivity index (χ2n) is 24.1. The van der Waals surface area contributed by atoms with E-state index in [4.69, 9.17) is 14.2 Å². The van der Waals surface area contributed by atoms with Crippen LogP contribution in [0.3, 0.4) is 0 Å². The number of methoxy groups -OCH3 is 3. The Balaban J connectivity index is 2.07. The maximum absolute atomic E-state index is 6.15. The summed E-state index contributed by atoms with van der Waals surface area (Å²) in [6, 6.07) is 45.5. The number of hydrogen-bond donors (Lipinski definition) is 0. The van der Waals surface area contributed by atoms with Crippen LogP contribution in [-0.4, -0.2) is 42.7 Å². The Bertz CT molecular complexity index is 2440. The van der Waals surface area contributed by atoms with Gasteiger partial charge in [-0.05, 0) is 140 Å². The maximum Gasteiger partial charge on any atom is 0.122 e. The summed E-state index contributed by atoms with van der Waals surface area (Å²) in [7, 11) is -4.57. The van der Waals surface area contributed by atoms with Crippen LogP contribution in [0.5, 0.6) is 17.2 Å². The van der Waals surface area contributed by atoms with Gasteiger partial charge in [0.1, 0.15) is 38.6 Å². The van der Waals surface area contributed by atoms with Crippen molar-refractivity contribution in [2.75, 3.05) is 21.3 Å². The standard InChI is InChI=1S/C66H90O3Si3/c1-40(2)49-34-58(43(7)8)64(59(35-49)44(9)10)70(55-28-22-52(67-19)23-29-55)71(56-30-24-53(68-20)25-31-56,65-60(45(11)12)36-50(41(3)4)37-61(65)46(13)14)72(70,57-32-26-54(69-21)27-33-57)66-62(47(15)16)38-51(42(5)6)39-63(66)48(17)18/h22-48H,1-21H3. The summed E-state index contributed by atoms with van der Waals surface area (Å²) in [5.74, 6) is 5.51. The highest BCUT2D eigenvalue weighted by Crippen LogP contribution is 2.55. The van der Waals surface area contributed by atoms with Crippen LogP contribution in [0.1, 0.15) is 228 Å². The second kappa shape index (κ2) is 21.3. The maximum atomic E-state index is 6.15. The first-order valence-electron chi connectivity index (χ1n) is 27.5. The first kappa shape index (κ1) is 55.1. The van der Waals surface area contributed by atoms with Gasteiger partial charge >= 0.3 is 0 Å². The van der Waals surface area contributed by atoms with Gasteiger partial charge in [-0.15, -0.1) is 0 Å². The number of hydrogen-bond acceptors (Lipinski definition) is 3. The zero-order chi connectivity index (χ0) is 52.9. The Morgan fingerprint density at radius 2 is 0.417 bits per heavy atom. The van der Waals surface area contributed by atoms with Crippen LogP contribution in [-0.2, 0) is 0 Å². The van der Waals surface area contributed by atoms with Gasteiger partial charge in [0, 0.05) is 0 Å². The fourth-order valence-electron chi connectivity index (χ4n) is 13.1. The molecule has 1 saturated heterocycles. The zero-order valence-electron chi connectivity index (χ0n) is 48.3. The van der Waals surface area contributed by atoms with Crippen molar-refractivity contribution in [2.24, 2.45) is 0 Å². The lowest BCUT2D eigenvalue weighted by atomic mass is 9.89. The minimum Gasteiger partial charge on any atom is -0.497 e. The number of rotatable bonds is 18. The summed E-state index contributed by atoms with van der Waals surface area (Å²) in [4.78, 5) is 0. The first-order chi connectivity index (χ1) is 34.0. The lowest BCUT2D eigenvalue weighted by molar-refractivity contribution is 0.415. The third-order valence-corrected chi connectivity index (χ3v) is 62.7. The summed E-state index contributed by atoms with van der Waals surface area (Å²) in [6.07, 6.45) is 0. The topological polar surface area (TPSA) is 27.7 Å². The van der Waals surface area contributed by atoms with E-state index in [2.05, 4.69) is 234 Å². The predicted molar refractivity (Wildman–Crippen MR) is 320 cm³/mol. The summed E-state index contributed by atoms with van der Waals surface area (Å²) in [6.45, 7) is 44.3. The van der Waals surface area contributed by atoms with E-state index in [9.17, 15) is 0 Å². The largest absolute Gasteiger partial charge is 0.497 e. The summed E-state index contributed by atoms with van der Waals surface area (Å²) >= 11 is 0. The first-order valence-corrected chi connectivity index (χ1v) is 36.5. The number of benzene rings is 6. The molecule has 0 amide bonds. The van der Waals surface area contributed by atoms with Gasteiger partial charge in [0.15, 0.2) is 0 Å². The highest BCUT2D eigenvalue weighted by molar-refractivity contribution is 8.27. The Morgan fingerprint density at radius 1 is 0.250 bits per heavy atom. The Morgan fingerprint density at radius 3 is 0.542 bits per heavy atom. The Labute approximate surface area is 440 Å². The van der Waals surface area contributed by atoms with Crippen LogP contribution < -0.4 is 45.3 Å². The molecule has 0 saturated carbocycles. The SMILES string of the molecule is COc1ccc([Si]2(c3c(C(C)C)cc(C(C)C)cc3C(C)C)[Si](c3ccc(OC)cc3)(c3c(C(C)C)cc(C(C)C)cc3C(C)C)[Si]2(c2ccc(OC)cc2)c2c(C(C)C)cc(C(C)C)cc2C(C)C)cc1. The van der Waals surface area contributed by atoms with Crippen molar-refractivity contribution < 1.29 is 14.2 Å². The minimum atomic E-state index is -3.35. The van der Waals surface area contributed by atoms with Gasteiger partial charge < -0.3 is 14.2 Å². The molecular weight excluding hydrogens is 925 g/mol. The van der Waals surface area contributed by atoms with Crippen LogP contribution in [0.25, 0.3) is 0 Å². The molecule has 1 heterocycles. The van der Waals surface area contributed by atoms with E-state index in [-0.39, 0.29) is 35.5 Å². The molecule has 1 aliphatic heterocycles. The fourth-order valence-corrected chi connectivity index (χ4v) is 87.6. The van der Waals surface area contributed by atoms with Crippen molar-refractivity contribution in [1.29, 1.82) is 0 Å². The molecule has 0 unspecified atom stereocenters. The lowest BCUT2D eigenvalue weighted by Gasteiger charge is -2.36. The smallest absolute Gasteiger partial charge is 0.122 e. The van der Waals surface area contributed by atoms with E-state index in [0.29, 0.717) is 17.8 Å². The van der Waals surface area contributed by atoms with Gasteiger partial charge in [0.2, 0.25) is 0 Å². The van der Waals surface area contributed by atoms with Crippen molar-refractivity contribution in [3.05, 3.63) is 159 Å². The van der Waals surface area contributed by atoms with Crippen LogP contribution in [0, 0.1) is 0 Å². The molecule has 1 aliphatic rings. The molecule has 0 spiro atoms. The molecule has 6 heteroatoms. The van der Waals surface area contributed by atoms with Crippen LogP contribution in [0.2, 0.25) is 0 Å². The highest BCUT2D eigenvalue weighted by atomic mass is 30.2. The summed E-state index contributed by atoms with van der Waals surface area (Å²) in [5, 5.41) is 9.77. The molecule has 0 bridgehead atoms. The molecule has 3 nitrogen and oxygen atoms in total. The van der Waals surface area contributed by atoms with Gasteiger partial charge in [-0.1, -0.05) is 229 Å². The van der Waals surface area contributed by atoms with Crippen molar-refractivity contribution in [1.82, 2.24) is 0 Å².